The maximum Gasteiger partial charge on any atom is 0.341 e. The molecule has 2 fully saturated rings. The number of carboxylic acids is 1. The zero-order valence-corrected chi connectivity index (χ0v) is 18.0. The quantitative estimate of drug-likeness (QED) is 0.722. The molecule has 1 aromatic carbocycles. The molecular weight excluding hydrogens is 446 g/mol. The maximum absolute atomic E-state index is 13.1. The molecule has 1 N–H and O–H groups in total. The van der Waals surface area contributed by atoms with E-state index in [-0.39, 0.29) is 34.4 Å². The van der Waals surface area contributed by atoms with Gasteiger partial charge in [0.15, 0.2) is 9.84 Å². The van der Waals surface area contributed by atoms with Crippen LogP contribution in [0.25, 0.3) is 11.3 Å². The van der Waals surface area contributed by atoms with Crippen LogP contribution in [0.15, 0.2) is 27.9 Å². The fourth-order valence-electron chi connectivity index (χ4n) is 4.27. The lowest BCUT2D eigenvalue weighted by Gasteiger charge is -2.25. The fraction of sp³-hybridized carbons (Fsp3) is 0.429. The molecule has 5 rings (SSSR count). The molecule has 3 heterocycles. The molecule has 1 saturated heterocycles. The molecular formula is C21H20ClNO7S. The number of pyridine rings is 1. The van der Waals surface area contributed by atoms with Crippen molar-refractivity contribution in [2.75, 3.05) is 13.2 Å². The van der Waals surface area contributed by atoms with Crippen molar-refractivity contribution in [2.24, 2.45) is 0 Å². The van der Waals surface area contributed by atoms with E-state index in [1.807, 2.05) is 0 Å². The molecule has 0 amide bonds. The number of sulfone groups is 1. The second kappa shape index (κ2) is 7.36. The van der Waals surface area contributed by atoms with Crippen molar-refractivity contribution in [3.05, 3.63) is 44.7 Å². The molecule has 1 aromatic heterocycles. The van der Waals surface area contributed by atoms with Crippen LogP contribution in [-0.4, -0.2) is 43.4 Å². The van der Waals surface area contributed by atoms with Crippen LogP contribution in [0.3, 0.4) is 0 Å². The van der Waals surface area contributed by atoms with Crippen LogP contribution in [0.2, 0.25) is 5.02 Å². The number of carbonyl (C=O) groups is 1. The van der Waals surface area contributed by atoms with E-state index in [4.69, 9.17) is 21.1 Å². The van der Waals surface area contributed by atoms with E-state index in [2.05, 4.69) is 0 Å². The minimum Gasteiger partial charge on any atom is -0.489 e. The average molecular weight is 466 g/mol. The highest BCUT2D eigenvalue weighted by Crippen LogP contribution is 2.46. The first kappa shape index (κ1) is 20.5. The van der Waals surface area contributed by atoms with Crippen LogP contribution < -0.4 is 10.3 Å². The number of benzene rings is 1. The summed E-state index contributed by atoms with van der Waals surface area (Å²) in [6.45, 7) is 0.942. The third kappa shape index (κ3) is 3.54. The number of hydrogen-bond donors (Lipinski definition) is 1. The summed E-state index contributed by atoms with van der Waals surface area (Å²) >= 11 is 6.43. The Hall–Kier alpha value is -2.36. The Bertz CT molecular complexity index is 1260. The van der Waals surface area contributed by atoms with E-state index < -0.39 is 32.7 Å². The van der Waals surface area contributed by atoms with Crippen LogP contribution in [0.1, 0.15) is 47.6 Å². The Morgan fingerprint density at radius 1 is 1.26 bits per heavy atom. The summed E-state index contributed by atoms with van der Waals surface area (Å²) in [5, 5.41) is 9.66. The Kier molecular flexibility index (Phi) is 4.87. The summed E-state index contributed by atoms with van der Waals surface area (Å²) in [4.78, 5) is 24.5. The molecule has 1 atom stereocenters. The lowest BCUT2D eigenvalue weighted by Crippen LogP contribution is -2.30. The Labute approximate surface area is 183 Å². The first-order chi connectivity index (χ1) is 14.8. The molecule has 1 aliphatic carbocycles. The molecule has 8 nitrogen and oxygen atoms in total. The van der Waals surface area contributed by atoms with Gasteiger partial charge in [0.1, 0.15) is 17.9 Å². The number of aromatic nitrogens is 1. The van der Waals surface area contributed by atoms with Gasteiger partial charge >= 0.3 is 5.97 Å². The molecule has 0 radical (unpaired) electrons. The summed E-state index contributed by atoms with van der Waals surface area (Å²) < 4.78 is 38.9. The van der Waals surface area contributed by atoms with Crippen molar-refractivity contribution in [2.45, 2.75) is 48.5 Å². The van der Waals surface area contributed by atoms with Gasteiger partial charge in [-0.25, -0.2) is 13.2 Å². The first-order valence-electron chi connectivity index (χ1n) is 10.1. The number of fused-ring (bicyclic) bond motifs is 3. The second-order valence-electron chi connectivity index (χ2n) is 8.13. The first-order valence-corrected chi connectivity index (χ1v) is 12.1. The smallest absolute Gasteiger partial charge is 0.341 e. The van der Waals surface area contributed by atoms with Crippen molar-refractivity contribution in [3.8, 4) is 17.0 Å². The van der Waals surface area contributed by atoms with Gasteiger partial charge in [0, 0.05) is 24.3 Å². The van der Waals surface area contributed by atoms with Gasteiger partial charge in [0.25, 0.3) is 5.56 Å². The van der Waals surface area contributed by atoms with E-state index in [0.29, 0.717) is 23.4 Å². The largest absolute Gasteiger partial charge is 0.489 e. The zero-order valence-electron chi connectivity index (χ0n) is 16.5. The molecule has 164 valence electrons. The van der Waals surface area contributed by atoms with Crippen LogP contribution in [0.4, 0.5) is 0 Å². The van der Waals surface area contributed by atoms with Crippen molar-refractivity contribution in [3.63, 3.8) is 0 Å². The van der Waals surface area contributed by atoms with Gasteiger partial charge in [-0.15, -0.1) is 0 Å². The Morgan fingerprint density at radius 3 is 2.68 bits per heavy atom. The highest BCUT2D eigenvalue weighted by molar-refractivity contribution is 7.90. The second-order valence-corrected chi connectivity index (χ2v) is 10.5. The lowest BCUT2D eigenvalue weighted by molar-refractivity contribution is 0.0679. The summed E-state index contributed by atoms with van der Waals surface area (Å²) in [5.74, 6) is -1.53. The number of carboxylic acid groups (broad SMARTS) is 1. The number of hydrogen-bond acceptors (Lipinski definition) is 6. The molecule has 31 heavy (non-hydrogen) atoms. The Balaban J connectivity index is 1.66. The van der Waals surface area contributed by atoms with E-state index >= 15 is 0 Å². The van der Waals surface area contributed by atoms with Gasteiger partial charge in [-0.3, -0.25) is 4.79 Å². The number of nitrogens with zero attached hydrogens (tertiary/aromatic N) is 1. The summed E-state index contributed by atoms with van der Waals surface area (Å²) in [7, 11) is -3.79. The number of rotatable bonds is 5. The van der Waals surface area contributed by atoms with Crippen molar-refractivity contribution >= 4 is 27.4 Å². The Morgan fingerprint density at radius 2 is 2.03 bits per heavy atom. The summed E-state index contributed by atoms with van der Waals surface area (Å²) in [6.07, 6.45) is 3.22. The highest BCUT2D eigenvalue weighted by Gasteiger charge is 2.37. The normalized spacial score (nSPS) is 21.4. The van der Waals surface area contributed by atoms with Crippen molar-refractivity contribution in [1.29, 1.82) is 0 Å². The number of ether oxygens (including phenoxy) is 2. The van der Waals surface area contributed by atoms with Gasteiger partial charge in [-0.05, 0) is 43.4 Å². The topological polar surface area (TPSA) is 112 Å². The summed E-state index contributed by atoms with van der Waals surface area (Å²) in [5.41, 5.74) is -0.0345. The lowest BCUT2D eigenvalue weighted by atomic mass is 10.0. The van der Waals surface area contributed by atoms with Crippen LogP contribution in [0.5, 0.6) is 5.75 Å². The highest BCUT2D eigenvalue weighted by atomic mass is 35.5. The van der Waals surface area contributed by atoms with Crippen LogP contribution in [0, 0.1) is 0 Å². The minimum absolute atomic E-state index is 0.0311. The molecule has 0 unspecified atom stereocenters. The molecule has 10 heteroatoms. The molecule has 3 aliphatic rings. The number of aromatic carboxylic acids is 1. The van der Waals surface area contributed by atoms with Gasteiger partial charge in [-0.1, -0.05) is 11.6 Å². The maximum atomic E-state index is 13.1. The third-order valence-corrected chi connectivity index (χ3v) is 7.87. The SMILES string of the molecule is O=C(O)c1cc2c(n(C3CC3)c1=O)-c1cc(Cl)c(OC[C@@H]3CCCO3)cc1S(=O)(=O)C2. The zero-order chi connectivity index (χ0) is 21.9. The van der Waals surface area contributed by atoms with Crippen molar-refractivity contribution < 1.29 is 27.8 Å². The van der Waals surface area contributed by atoms with E-state index in [1.54, 1.807) is 0 Å². The molecule has 0 bridgehead atoms. The third-order valence-electron chi connectivity index (χ3n) is 5.87. The van der Waals surface area contributed by atoms with E-state index in [0.717, 1.165) is 25.7 Å². The standard InChI is InChI=1S/C21H20ClNO7S/c22-16-7-14-18(8-17(16)30-9-13-2-1-5-29-13)31(27,28)10-11-6-15(21(25)26)20(24)23(19(11)14)12-3-4-12/h6-8,12-13H,1-5,9-10H2,(H,25,26)/t13-/m0/s1. The predicted molar refractivity (Wildman–Crippen MR) is 112 cm³/mol. The van der Waals surface area contributed by atoms with Gasteiger partial charge in [-0.2, -0.15) is 0 Å². The van der Waals surface area contributed by atoms with Crippen LogP contribution >= 0.6 is 11.6 Å². The molecule has 0 spiro atoms. The molecule has 2 aliphatic heterocycles. The fourth-order valence-corrected chi connectivity index (χ4v) is 6.05. The van der Waals surface area contributed by atoms with Gasteiger partial charge in [0.05, 0.1) is 27.5 Å². The average Bonchev–Trinajstić information content (AvgIpc) is 3.40. The van der Waals surface area contributed by atoms with Crippen molar-refractivity contribution in [1.82, 2.24) is 4.57 Å². The van der Waals surface area contributed by atoms with E-state index in [9.17, 15) is 23.1 Å². The summed E-state index contributed by atoms with van der Waals surface area (Å²) in [6, 6.07) is 3.92. The minimum atomic E-state index is -3.79. The monoisotopic (exact) mass is 465 g/mol. The van der Waals surface area contributed by atoms with Crippen LogP contribution in [-0.2, 0) is 20.3 Å². The van der Waals surface area contributed by atoms with Gasteiger partial charge < -0.3 is 19.1 Å². The molecule has 1 saturated carbocycles. The molecule has 2 aromatic rings. The predicted octanol–water partition coefficient (Wildman–Crippen LogP) is 3.05. The van der Waals surface area contributed by atoms with Gasteiger partial charge in [0.2, 0.25) is 0 Å². The van der Waals surface area contributed by atoms with E-state index in [1.165, 1.54) is 22.8 Å². The number of halogens is 1.